The Morgan fingerprint density at radius 3 is 2.77 bits per heavy atom. The lowest BCUT2D eigenvalue weighted by atomic mass is 9.89. The second kappa shape index (κ2) is 6.05. The molecule has 1 atom stereocenters. The van der Waals surface area contributed by atoms with Gasteiger partial charge in [0, 0.05) is 42.0 Å². The van der Waals surface area contributed by atoms with E-state index in [1.54, 1.807) is 0 Å². The van der Waals surface area contributed by atoms with Gasteiger partial charge >= 0.3 is 0 Å². The molecule has 2 saturated heterocycles. The molecular weight excluding hydrogens is 296 g/mol. The van der Waals surface area contributed by atoms with E-state index in [1.807, 2.05) is 18.3 Å². The third-order valence-corrected chi connectivity index (χ3v) is 5.29. The first-order valence-electron chi connectivity index (χ1n) is 8.22. The Morgan fingerprint density at radius 2 is 2.00 bits per heavy atom. The molecule has 1 aromatic carbocycles. The van der Waals surface area contributed by atoms with Crippen LogP contribution in [-0.4, -0.2) is 30.8 Å². The van der Waals surface area contributed by atoms with E-state index >= 15 is 0 Å². The minimum atomic E-state index is 0.509. The zero-order valence-corrected chi connectivity index (χ0v) is 13.4. The third-order valence-electron chi connectivity index (χ3n) is 5.05. The minimum absolute atomic E-state index is 0.509. The Labute approximate surface area is 136 Å². The highest BCUT2D eigenvalue weighted by molar-refractivity contribution is 6.31. The van der Waals surface area contributed by atoms with E-state index in [9.17, 15) is 0 Å². The number of hydrogen-bond acceptors (Lipinski definition) is 3. The number of hydrogen-bond donors (Lipinski definition) is 0. The average Bonchev–Trinajstić information content (AvgIpc) is 3.09. The van der Waals surface area contributed by atoms with Gasteiger partial charge in [-0.3, -0.25) is 4.98 Å². The van der Waals surface area contributed by atoms with Gasteiger partial charge in [-0.15, -0.1) is 0 Å². The molecule has 2 fully saturated rings. The van der Waals surface area contributed by atoms with Crippen LogP contribution >= 0.6 is 11.6 Å². The Bertz CT molecular complexity index is 661. The second-order valence-electron chi connectivity index (χ2n) is 6.37. The maximum atomic E-state index is 6.08. The molecule has 2 aliphatic rings. The third kappa shape index (κ3) is 2.68. The highest BCUT2D eigenvalue weighted by Gasteiger charge is 2.29. The van der Waals surface area contributed by atoms with Gasteiger partial charge in [0.1, 0.15) is 0 Å². The molecule has 0 bridgehead atoms. The first kappa shape index (κ1) is 14.3. The van der Waals surface area contributed by atoms with Crippen molar-refractivity contribution in [2.45, 2.75) is 31.8 Å². The first-order chi connectivity index (χ1) is 10.8. The zero-order chi connectivity index (χ0) is 14.9. The lowest BCUT2D eigenvalue weighted by Crippen LogP contribution is -2.37. The quantitative estimate of drug-likeness (QED) is 0.826. The molecular formula is C18H21ClN2O. The van der Waals surface area contributed by atoms with Crippen LogP contribution in [0.2, 0.25) is 5.02 Å². The molecule has 0 amide bonds. The summed E-state index contributed by atoms with van der Waals surface area (Å²) in [5.74, 6) is 0.737. The molecule has 0 aliphatic carbocycles. The average molecular weight is 317 g/mol. The first-order valence-corrected chi connectivity index (χ1v) is 8.60. The van der Waals surface area contributed by atoms with Gasteiger partial charge in [-0.1, -0.05) is 11.6 Å². The fraction of sp³-hybridized carbons (Fsp3) is 0.500. The van der Waals surface area contributed by atoms with Gasteiger partial charge in [0.15, 0.2) is 0 Å². The minimum Gasteiger partial charge on any atom is -0.378 e. The molecule has 116 valence electrons. The van der Waals surface area contributed by atoms with Crippen molar-refractivity contribution >= 4 is 28.2 Å². The molecule has 4 rings (SSSR count). The predicted octanol–water partition coefficient (Wildman–Crippen LogP) is 4.28. The van der Waals surface area contributed by atoms with Crippen LogP contribution in [0.15, 0.2) is 30.5 Å². The van der Waals surface area contributed by atoms with Gasteiger partial charge in [-0.25, -0.2) is 0 Å². The van der Waals surface area contributed by atoms with Crippen molar-refractivity contribution in [3.8, 4) is 0 Å². The Morgan fingerprint density at radius 1 is 1.14 bits per heavy atom. The smallest absolute Gasteiger partial charge is 0.0737 e. The van der Waals surface area contributed by atoms with E-state index in [1.165, 1.54) is 36.8 Å². The number of ether oxygens (including phenoxy) is 1. The van der Waals surface area contributed by atoms with Crippen molar-refractivity contribution in [2.75, 3.05) is 24.6 Å². The summed E-state index contributed by atoms with van der Waals surface area (Å²) in [5.41, 5.74) is 2.26. The topological polar surface area (TPSA) is 25.4 Å². The summed E-state index contributed by atoms with van der Waals surface area (Å²) in [5, 5.41) is 1.94. The molecule has 0 N–H and O–H groups in total. The molecule has 22 heavy (non-hydrogen) atoms. The number of rotatable bonds is 2. The van der Waals surface area contributed by atoms with Crippen molar-refractivity contribution < 1.29 is 4.74 Å². The van der Waals surface area contributed by atoms with Gasteiger partial charge in [0.05, 0.1) is 11.6 Å². The number of benzene rings is 1. The van der Waals surface area contributed by atoms with Gasteiger partial charge < -0.3 is 9.64 Å². The van der Waals surface area contributed by atoms with E-state index in [-0.39, 0.29) is 0 Å². The van der Waals surface area contributed by atoms with Crippen molar-refractivity contribution in [1.82, 2.24) is 4.98 Å². The molecule has 1 aromatic heterocycles. The number of pyridine rings is 1. The SMILES string of the molecule is Clc1ccc2c(N3CCC(C4CCCO4)CC3)ccnc2c1. The van der Waals surface area contributed by atoms with Crippen LogP contribution in [0.5, 0.6) is 0 Å². The summed E-state index contributed by atoms with van der Waals surface area (Å²) in [6, 6.07) is 8.11. The fourth-order valence-electron chi connectivity index (χ4n) is 3.87. The standard InChI is InChI=1S/C18H21ClN2O/c19-14-3-4-15-16(12-14)20-8-5-17(15)21-9-6-13(7-10-21)18-2-1-11-22-18/h3-5,8,12-13,18H,1-2,6-7,9-11H2. The van der Waals surface area contributed by atoms with E-state index in [2.05, 4.69) is 22.0 Å². The molecule has 4 heteroatoms. The van der Waals surface area contributed by atoms with Crippen LogP contribution in [0.1, 0.15) is 25.7 Å². The lowest BCUT2D eigenvalue weighted by molar-refractivity contribution is 0.0532. The van der Waals surface area contributed by atoms with Crippen LogP contribution in [-0.2, 0) is 4.74 Å². The van der Waals surface area contributed by atoms with E-state index in [0.29, 0.717) is 6.10 Å². The maximum Gasteiger partial charge on any atom is 0.0737 e. The highest BCUT2D eigenvalue weighted by atomic mass is 35.5. The molecule has 3 heterocycles. The molecule has 3 nitrogen and oxygen atoms in total. The molecule has 0 radical (unpaired) electrons. The van der Waals surface area contributed by atoms with E-state index in [0.717, 1.165) is 36.2 Å². The van der Waals surface area contributed by atoms with E-state index in [4.69, 9.17) is 16.3 Å². The van der Waals surface area contributed by atoms with Crippen molar-refractivity contribution in [3.63, 3.8) is 0 Å². The van der Waals surface area contributed by atoms with Crippen LogP contribution < -0.4 is 4.90 Å². The monoisotopic (exact) mass is 316 g/mol. The number of piperidine rings is 1. The Hall–Kier alpha value is -1.32. The van der Waals surface area contributed by atoms with Gasteiger partial charge in [0.2, 0.25) is 0 Å². The van der Waals surface area contributed by atoms with Crippen molar-refractivity contribution in [2.24, 2.45) is 5.92 Å². The molecule has 0 spiro atoms. The van der Waals surface area contributed by atoms with E-state index < -0.39 is 0 Å². The summed E-state index contributed by atoms with van der Waals surface area (Å²) in [6.45, 7) is 3.17. The summed E-state index contributed by atoms with van der Waals surface area (Å²) >= 11 is 6.08. The van der Waals surface area contributed by atoms with Gasteiger partial charge in [0.25, 0.3) is 0 Å². The second-order valence-corrected chi connectivity index (χ2v) is 6.80. The highest BCUT2D eigenvalue weighted by Crippen LogP contribution is 2.33. The summed E-state index contributed by atoms with van der Waals surface area (Å²) in [7, 11) is 0. The zero-order valence-electron chi connectivity index (χ0n) is 12.7. The van der Waals surface area contributed by atoms with Gasteiger partial charge in [-0.2, -0.15) is 0 Å². The molecule has 2 aliphatic heterocycles. The Balaban J connectivity index is 1.53. The van der Waals surface area contributed by atoms with Crippen LogP contribution in [0.3, 0.4) is 0 Å². The molecule has 0 saturated carbocycles. The van der Waals surface area contributed by atoms with Crippen molar-refractivity contribution in [3.05, 3.63) is 35.5 Å². The maximum absolute atomic E-state index is 6.08. The van der Waals surface area contributed by atoms with Crippen LogP contribution in [0.25, 0.3) is 10.9 Å². The van der Waals surface area contributed by atoms with Gasteiger partial charge in [-0.05, 0) is 55.9 Å². The largest absolute Gasteiger partial charge is 0.378 e. The van der Waals surface area contributed by atoms with Crippen LogP contribution in [0.4, 0.5) is 5.69 Å². The summed E-state index contributed by atoms with van der Waals surface area (Å²) < 4.78 is 5.87. The number of anilines is 1. The number of nitrogens with zero attached hydrogens (tertiary/aromatic N) is 2. The Kier molecular flexibility index (Phi) is 3.93. The molecule has 2 aromatic rings. The predicted molar refractivity (Wildman–Crippen MR) is 90.7 cm³/mol. The van der Waals surface area contributed by atoms with Crippen LogP contribution in [0, 0.1) is 5.92 Å². The fourth-order valence-corrected chi connectivity index (χ4v) is 4.03. The van der Waals surface area contributed by atoms with Crippen molar-refractivity contribution in [1.29, 1.82) is 0 Å². The number of aromatic nitrogens is 1. The number of fused-ring (bicyclic) bond motifs is 1. The normalized spacial score (nSPS) is 23.3. The lowest BCUT2D eigenvalue weighted by Gasteiger charge is -2.36. The summed E-state index contributed by atoms with van der Waals surface area (Å²) in [6.07, 6.45) is 7.34. The molecule has 1 unspecified atom stereocenters. The summed E-state index contributed by atoms with van der Waals surface area (Å²) in [4.78, 5) is 6.93. The number of halogens is 1.